The number of ether oxygens (including phenoxy) is 1. The van der Waals surface area contributed by atoms with Gasteiger partial charge in [-0.1, -0.05) is 124 Å². The van der Waals surface area contributed by atoms with Crippen LogP contribution in [0.2, 0.25) is 0 Å². The van der Waals surface area contributed by atoms with Crippen molar-refractivity contribution in [2.75, 3.05) is 5.73 Å². The van der Waals surface area contributed by atoms with Crippen LogP contribution in [0.5, 0.6) is 0 Å². The molecule has 0 saturated heterocycles. The summed E-state index contributed by atoms with van der Waals surface area (Å²) in [6.45, 7) is 5.54. The number of nitrogen functional groups attached to an aromatic ring is 1. The predicted molar refractivity (Wildman–Crippen MR) is 155 cm³/mol. The van der Waals surface area contributed by atoms with E-state index in [1.807, 2.05) is 13.8 Å². The topological polar surface area (TPSA) is 130 Å². The number of carbonyl (C=O) groups is 2. The van der Waals surface area contributed by atoms with Crippen LogP contribution in [-0.4, -0.2) is 27.3 Å². The zero-order valence-corrected chi connectivity index (χ0v) is 24.3. The normalized spacial score (nSPS) is 12.1. The van der Waals surface area contributed by atoms with Gasteiger partial charge >= 0.3 is 11.7 Å². The lowest BCUT2D eigenvalue weighted by Gasteiger charge is -2.17. The summed E-state index contributed by atoms with van der Waals surface area (Å²) in [6.07, 6.45) is 23.2. The van der Waals surface area contributed by atoms with Crippen molar-refractivity contribution in [3.8, 4) is 0 Å². The molecule has 218 valence electrons. The van der Waals surface area contributed by atoms with E-state index in [-0.39, 0.29) is 30.5 Å². The third-order valence-electron chi connectivity index (χ3n) is 7.23. The summed E-state index contributed by atoms with van der Waals surface area (Å²) in [7, 11) is 0. The molecule has 0 aliphatic carbocycles. The van der Waals surface area contributed by atoms with Crippen LogP contribution in [0.4, 0.5) is 5.82 Å². The molecule has 0 radical (unpaired) electrons. The molecule has 0 bridgehead atoms. The van der Waals surface area contributed by atoms with Crippen molar-refractivity contribution < 1.29 is 14.3 Å². The number of Topliss-reactive ketones (excluding diaryl/α,β-unsaturated/α-hetero) is 1. The number of nitrogens with zero attached hydrogens (tertiary/aromatic N) is 2. The first-order valence-electron chi connectivity index (χ1n) is 15.1. The summed E-state index contributed by atoms with van der Waals surface area (Å²) >= 11 is 0. The fourth-order valence-electron chi connectivity index (χ4n) is 4.50. The average Bonchev–Trinajstić information content (AvgIpc) is 2.89. The Kier molecular flexibility index (Phi) is 18.4. The average molecular weight is 535 g/mol. The molecule has 1 aromatic heterocycles. The van der Waals surface area contributed by atoms with Crippen LogP contribution in [0.3, 0.4) is 0 Å². The van der Waals surface area contributed by atoms with E-state index in [4.69, 9.17) is 16.2 Å². The monoisotopic (exact) mass is 534 g/mol. The summed E-state index contributed by atoms with van der Waals surface area (Å²) < 4.78 is 6.22. The van der Waals surface area contributed by atoms with Gasteiger partial charge in [-0.3, -0.25) is 9.59 Å². The lowest BCUT2D eigenvalue weighted by atomic mass is 9.97. The van der Waals surface area contributed by atoms with Gasteiger partial charge in [0.25, 0.3) is 0 Å². The van der Waals surface area contributed by atoms with Gasteiger partial charge in [0.05, 0.1) is 11.6 Å². The molecular formula is C30H54N4O4. The SMILES string of the molecule is CCCCCCCCCCCCCCCCCCCC(=O)OCn1c(N)c(C(=O)[C@@H](N)C(C)C)cnc1=O. The Labute approximate surface area is 230 Å². The minimum absolute atomic E-state index is 0.0648. The first kappa shape index (κ1) is 33.8. The molecule has 0 unspecified atom stereocenters. The molecule has 8 nitrogen and oxygen atoms in total. The van der Waals surface area contributed by atoms with Crippen LogP contribution in [-0.2, 0) is 16.3 Å². The Morgan fingerprint density at radius 1 is 0.842 bits per heavy atom. The number of aromatic nitrogens is 2. The minimum Gasteiger partial charge on any atom is -0.444 e. The number of ketones is 1. The molecule has 0 saturated carbocycles. The van der Waals surface area contributed by atoms with Crippen molar-refractivity contribution in [3.63, 3.8) is 0 Å². The number of anilines is 1. The molecule has 38 heavy (non-hydrogen) atoms. The number of nitrogens with two attached hydrogens (primary N) is 2. The van der Waals surface area contributed by atoms with Crippen LogP contribution in [0.15, 0.2) is 11.0 Å². The molecule has 0 aliphatic rings. The molecule has 8 heteroatoms. The first-order valence-corrected chi connectivity index (χ1v) is 15.1. The molecule has 4 N–H and O–H groups in total. The summed E-state index contributed by atoms with van der Waals surface area (Å²) in [4.78, 5) is 40.4. The number of hydrogen-bond donors (Lipinski definition) is 2. The molecule has 1 rings (SSSR count). The van der Waals surface area contributed by atoms with Gasteiger partial charge in [-0.25, -0.2) is 14.3 Å². The van der Waals surface area contributed by atoms with Gasteiger partial charge in [0, 0.05) is 12.6 Å². The second-order valence-corrected chi connectivity index (χ2v) is 11.0. The summed E-state index contributed by atoms with van der Waals surface area (Å²) in [5.74, 6) is -0.970. The van der Waals surface area contributed by atoms with E-state index in [9.17, 15) is 14.4 Å². The second-order valence-electron chi connectivity index (χ2n) is 11.0. The molecule has 1 aromatic rings. The van der Waals surface area contributed by atoms with Gasteiger partial charge < -0.3 is 16.2 Å². The van der Waals surface area contributed by atoms with Gasteiger partial charge in [-0.05, 0) is 12.3 Å². The summed E-state index contributed by atoms with van der Waals surface area (Å²) in [6, 6.07) is -0.757. The van der Waals surface area contributed by atoms with Crippen LogP contribution >= 0.6 is 0 Å². The van der Waals surface area contributed by atoms with E-state index in [1.165, 1.54) is 89.9 Å². The third-order valence-corrected chi connectivity index (χ3v) is 7.23. The van der Waals surface area contributed by atoms with E-state index in [1.54, 1.807) is 0 Å². The van der Waals surface area contributed by atoms with Gasteiger partial charge in [-0.15, -0.1) is 0 Å². The Bertz CT molecular complexity index is 853. The van der Waals surface area contributed by atoms with Crippen LogP contribution < -0.4 is 17.2 Å². The Balaban J connectivity index is 2.10. The maximum Gasteiger partial charge on any atom is 0.351 e. The largest absolute Gasteiger partial charge is 0.444 e. The molecule has 0 amide bonds. The molecule has 1 heterocycles. The molecule has 1 atom stereocenters. The quantitative estimate of drug-likeness (QED) is 0.0926. The highest BCUT2D eigenvalue weighted by atomic mass is 16.5. The van der Waals surface area contributed by atoms with Crippen LogP contribution in [0, 0.1) is 5.92 Å². The van der Waals surface area contributed by atoms with Crippen molar-refractivity contribution >= 4 is 17.6 Å². The minimum atomic E-state index is -0.757. The highest BCUT2D eigenvalue weighted by molar-refractivity contribution is 6.03. The van der Waals surface area contributed by atoms with Gasteiger partial charge in [0.15, 0.2) is 12.5 Å². The van der Waals surface area contributed by atoms with Crippen molar-refractivity contribution in [1.82, 2.24) is 9.55 Å². The Hall–Kier alpha value is -2.22. The van der Waals surface area contributed by atoms with Crippen LogP contribution in [0.1, 0.15) is 147 Å². The van der Waals surface area contributed by atoms with E-state index >= 15 is 0 Å². The molecule has 0 aromatic carbocycles. The second kappa shape index (κ2) is 20.7. The van der Waals surface area contributed by atoms with Crippen molar-refractivity contribution in [3.05, 3.63) is 22.2 Å². The van der Waals surface area contributed by atoms with Gasteiger partial charge in [0.2, 0.25) is 0 Å². The molecule has 0 fully saturated rings. The van der Waals surface area contributed by atoms with Gasteiger partial charge in [0.1, 0.15) is 5.82 Å². The molecule has 0 aliphatic heterocycles. The van der Waals surface area contributed by atoms with E-state index in [0.29, 0.717) is 0 Å². The maximum atomic E-state index is 12.5. The fourth-order valence-corrected chi connectivity index (χ4v) is 4.50. The lowest BCUT2D eigenvalue weighted by molar-refractivity contribution is -0.147. The third kappa shape index (κ3) is 14.1. The number of carbonyl (C=O) groups excluding carboxylic acids is 2. The Morgan fingerprint density at radius 3 is 1.74 bits per heavy atom. The lowest BCUT2D eigenvalue weighted by Crippen LogP contribution is -2.38. The number of unbranched alkanes of at least 4 members (excludes halogenated alkanes) is 16. The molecular weight excluding hydrogens is 480 g/mol. The van der Waals surface area contributed by atoms with Crippen molar-refractivity contribution in [1.29, 1.82) is 0 Å². The highest BCUT2D eigenvalue weighted by Crippen LogP contribution is 2.16. The Morgan fingerprint density at radius 2 is 1.29 bits per heavy atom. The number of hydrogen-bond acceptors (Lipinski definition) is 7. The van der Waals surface area contributed by atoms with Gasteiger partial charge in [-0.2, -0.15) is 0 Å². The van der Waals surface area contributed by atoms with Crippen molar-refractivity contribution in [2.24, 2.45) is 11.7 Å². The standard InChI is InChI=1S/C30H54N4O4/c1-4-5-6-7-8-9-10-11-12-13-14-15-16-17-18-19-20-21-26(35)38-23-34-29(32)25(22-33-30(34)37)28(36)27(31)24(2)3/h22,24,27H,4-21,23,31-32H2,1-3H3/t27-/m0/s1. The zero-order valence-electron chi connectivity index (χ0n) is 24.3. The number of esters is 1. The zero-order chi connectivity index (χ0) is 28.2. The van der Waals surface area contributed by atoms with E-state index < -0.39 is 23.5 Å². The van der Waals surface area contributed by atoms with Crippen molar-refractivity contribution in [2.45, 2.75) is 149 Å². The predicted octanol–water partition coefficient (Wildman–Crippen LogP) is 6.53. The number of rotatable bonds is 23. The van der Waals surface area contributed by atoms with E-state index in [2.05, 4.69) is 11.9 Å². The maximum absolute atomic E-state index is 12.5. The summed E-state index contributed by atoms with van der Waals surface area (Å²) in [5.41, 5.74) is 11.3. The first-order chi connectivity index (χ1) is 18.3. The van der Waals surface area contributed by atoms with Crippen LogP contribution in [0.25, 0.3) is 0 Å². The summed E-state index contributed by atoms with van der Waals surface area (Å²) in [5, 5.41) is 0. The smallest absolute Gasteiger partial charge is 0.351 e. The highest BCUT2D eigenvalue weighted by Gasteiger charge is 2.23. The van der Waals surface area contributed by atoms with E-state index in [0.717, 1.165) is 30.0 Å². The fraction of sp³-hybridized carbons (Fsp3) is 0.800. The molecule has 0 spiro atoms.